The highest BCUT2D eigenvalue weighted by Crippen LogP contribution is 2.22. The van der Waals surface area contributed by atoms with Gasteiger partial charge in [0.15, 0.2) is 0 Å². The van der Waals surface area contributed by atoms with Gasteiger partial charge >= 0.3 is 0 Å². The van der Waals surface area contributed by atoms with Crippen molar-refractivity contribution in [1.29, 1.82) is 0 Å². The van der Waals surface area contributed by atoms with E-state index in [0.717, 1.165) is 5.56 Å². The molecule has 0 radical (unpaired) electrons. The Balaban J connectivity index is 2.25. The summed E-state index contributed by atoms with van der Waals surface area (Å²) in [6.45, 7) is 0. The van der Waals surface area contributed by atoms with Crippen LogP contribution >= 0.6 is 0 Å². The fraction of sp³-hybridized carbons (Fsp3) is 0.200. The normalized spacial score (nSPS) is 12.7. The SMILES string of the molecule is CN(C)C(NN)c1ccc(-c2ccccc2)cc1. The summed E-state index contributed by atoms with van der Waals surface area (Å²) in [5.74, 6) is 5.56. The summed E-state index contributed by atoms with van der Waals surface area (Å²) in [6, 6.07) is 18.8. The van der Waals surface area contributed by atoms with E-state index in [2.05, 4.69) is 41.8 Å². The van der Waals surface area contributed by atoms with E-state index >= 15 is 0 Å². The molecular formula is C15H19N3. The third-order valence-electron chi connectivity index (χ3n) is 3.01. The van der Waals surface area contributed by atoms with Gasteiger partial charge < -0.3 is 0 Å². The molecule has 1 atom stereocenters. The van der Waals surface area contributed by atoms with Crippen molar-refractivity contribution in [2.45, 2.75) is 6.17 Å². The van der Waals surface area contributed by atoms with Gasteiger partial charge in [-0.1, -0.05) is 54.6 Å². The number of nitrogens with one attached hydrogen (secondary N) is 1. The average Bonchev–Trinajstić information content (AvgIpc) is 2.41. The summed E-state index contributed by atoms with van der Waals surface area (Å²) in [5, 5.41) is 0. The molecule has 0 fully saturated rings. The van der Waals surface area contributed by atoms with Gasteiger partial charge in [0.25, 0.3) is 0 Å². The van der Waals surface area contributed by atoms with Crippen LogP contribution < -0.4 is 11.3 Å². The molecule has 1 unspecified atom stereocenters. The van der Waals surface area contributed by atoms with Crippen molar-refractivity contribution >= 4 is 0 Å². The Kier molecular flexibility index (Phi) is 4.10. The Hall–Kier alpha value is -1.68. The number of nitrogens with zero attached hydrogens (tertiary/aromatic N) is 1. The van der Waals surface area contributed by atoms with Gasteiger partial charge in [-0.25, -0.2) is 5.43 Å². The predicted molar refractivity (Wildman–Crippen MR) is 75.6 cm³/mol. The molecule has 3 N–H and O–H groups in total. The molecule has 3 heteroatoms. The van der Waals surface area contributed by atoms with Crippen LogP contribution in [0.15, 0.2) is 54.6 Å². The molecular weight excluding hydrogens is 222 g/mol. The first-order valence-electron chi connectivity index (χ1n) is 6.00. The Bertz CT molecular complexity index is 477. The zero-order valence-corrected chi connectivity index (χ0v) is 10.8. The molecule has 2 rings (SSSR count). The zero-order valence-electron chi connectivity index (χ0n) is 10.8. The van der Waals surface area contributed by atoms with Crippen LogP contribution in [0.3, 0.4) is 0 Å². The summed E-state index contributed by atoms with van der Waals surface area (Å²) in [4.78, 5) is 2.04. The number of hydrogen-bond acceptors (Lipinski definition) is 3. The Labute approximate surface area is 108 Å². The quantitative estimate of drug-likeness (QED) is 0.490. The van der Waals surface area contributed by atoms with E-state index in [9.17, 15) is 0 Å². The summed E-state index contributed by atoms with van der Waals surface area (Å²) in [7, 11) is 3.99. The molecule has 2 aromatic rings. The molecule has 0 aliphatic rings. The Morgan fingerprint density at radius 1 is 0.889 bits per heavy atom. The van der Waals surface area contributed by atoms with Crippen LogP contribution in [0.25, 0.3) is 11.1 Å². The van der Waals surface area contributed by atoms with Crippen LogP contribution in [0.5, 0.6) is 0 Å². The van der Waals surface area contributed by atoms with Crippen LogP contribution in [0.2, 0.25) is 0 Å². The molecule has 0 aliphatic carbocycles. The van der Waals surface area contributed by atoms with Gasteiger partial charge in [0.2, 0.25) is 0 Å². The van der Waals surface area contributed by atoms with Crippen molar-refractivity contribution in [3.63, 3.8) is 0 Å². The van der Waals surface area contributed by atoms with Crippen LogP contribution in [0.4, 0.5) is 0 Å². The molecule has 18 heavy (non-hydrogen) atoms. The predicted octanol–water partition coefficient (Wildman–Crippen LogP) is 2.38. The van der Waals surface area contributed by atoms with E-state index in [1.165, 1.54) is 11.1 Å². The topological polar surface area (TPSA) is 41.3 Å². The molecule has 0 heterocycles. The monoisotopic (exact) mass is 241 g/mol. The van der Waals surface area contributed by atoms with Crippen molar-refractivity contribution < 1.29 is 0 Å². The highest BCUT2D eigenvalue weighted by molar-refractivity contribution is 5.63. The van der Waals surface area contributed by atoms with E-state index in [1.54, 1.807) is 0 Å². The van der Waals surface area contributed by atoms with E-state index in [-0.39, 0.29) is 6.17 Å². The summed E-state index contributed by atoms with van der Waals surface area (Å²) in [6.07, 6.45) is 0.0369. The molecule has 0 bridgehead atoms. The zero-order chi connectivity index (χ0) is 13.0. The van der Waals surface area contributed by atoms with Crippen molar-refractivity contribution in [2.24, 2.45) is 5.84 Å². The van der Waals surface area contributed by atoms with Crippen LogP contribution in [-0.2, 0) is 0 Å². The molecule has 2 aromatic carbocycles. The molecule has 0 aromatic heterocycles. The lowest BCUT2D eigenvalue weighted by atomic mass is 10.0. The lowest BCUT2D eigenvalue weighted by Gasteiger charge is -2.23. The highest BCUT2D eigenvalue weighted by Gasteiger charge is 2.11. The maximum absolute atomic E-state index is 5.56. The standard InChI is InChI=1S/C15H19N3/c1-18(2)15(17-16)14-10-8-13(9-11-14)12-6-4-3-5-7-12/h3-11,15,17H,16H2,1-2H3. The van der Waals surface area contributed by atoms with Gasteiger partial charge in [0.1, 0.15) is 0 Å². The summed E-state index contributed by atoms with van der Waals surface area (Å²) in [5.41, 5.74) is 6.40. The number of hydrogen-bond donors (Lipinski definition) is 2. The minimum atomic E-state index is 0.0369. The molecule has 0 saturated heterocycles. The van der Waals surface area contributed by atoms with Gasteiger partial charge in [0.05, 0.1) is 6.17 Å². The van der Waals surface area contributed by atoms with E-state index in [1.807, 2.05) is 37.2 Å². The maximum Gasteiger partial charge on any atom is 0.0980 e. The Morgan fingerprint density at radius 2 is 1.44 bits per heavy atom. The van der Waals surface area contributed by atoms with Crippen molar-refractivity contribution in [1.82, 2.24) is 10.3 Å². The fourth-order valence-electron chi connectivity index (χ4n) is 2.03. The van der Waals surface area contributed by atoms with E-state index in [4.69, 9.17) is 5.84 Å². The number of rotatable bonds is 4. The second kappa shape index (κ2) is 5.78. The second-order valence-corrected chi connectivity index (χ2v) is 4.52. The van der Waals surface area contributed by atoms with Crippen LogP contribution in [-0.4, -0.2) is 19.0 Å². The lowest BCUT2D eigenvalue weighted by Crippen LogP contribution is -2.37. The number of benzene rings is 2. The van der Waals surface area contributed by atoms with Crippen LogP contribution in [0.1, 0.15) is 11.7 Å². The first-order valence-corrected chi connectivity index (χ1v) is 6.00. The third kappa shape index (κ3) is 2.76. The first kappa shape index (κ1) is 12.8. The number of nitrogens with two attached hydrogens (primary N) is 1. The van der Waals surface area contributed by atoms with Crippen molar-refractivity contribution in [3.8, 4) is 11.1 Å². The van der Waals surface area contributed by atoms with E-state index < -0.39 is 0 Å². The van der Waals surface area contributed by atoms with Gasteiger partial charge in [-0.15, -0.1) is 0 Å². The lowest BCUT2D eigenvalue weighted by molar-refractivity contribution is 0.253. The largest absolute Gasteiger partial charge is 0.289 e. The fourth-order valence-corrected chi connectivity index (χ4v) is 2.03. The molecule has 0 spiro atoms. The van der Waals surface area contributed by atoms with Gasteiger partial charge in [0, 0.05) is 0 Å². The summed E-state index contributed by atoms with van der Waals surface area (Å²) < 4.78 is 0. The van der Waals surface area contributed by atoms with E-state index in [0.29, 0.717) is 0 Å². The smallest absolute Gasteiger partial charge is 0.0980 e. The molecule has 0 amide bonds. The Morgan fingerprint density at radius 3 is 1.94 bits per heavy atom. The first-order chi connectivity index (χ1) is 8.72. The second-order valence-electron chi connectivity index (χ2n) is 4.52. The highest BCUT2D eigenvalue weighted by atomic mass is 15.4. The minimum Gasteiger partial charge on any atom is -0.289 e. The number of hydrazine groups is 1. The van der Waals surface area contributed by atoms with Gasteiger partial charge in [-0.2, -0.15) is 0 Å². The average molecular weight is 241 g/mol. The van der Waals surface area contributed by atoms with Crippen molar-refractivity contribution in [2.75, 3.05) is 14.1 Å². The van der Waals surface area contributed by atoms with Crippen molar-refractivity contribution in [3.05, 3.63) is 60.2 Å². The molecule has 3 nitrogen and oxygen atoms in total. The van der Waals surface area contributed by atoms with Crippen LogP contribution in [0, 0.1) is 0 Å². The minimum absolute atomic E-state index is 0.0369. The molecule has 94 valence electrons. The molecule has 0 saturated carbocycles. The van der Waals surface area contributed by atoms with Gasteiger partial charge in [-0.3, -0.25) is 10.7 Å². The maximum atomic E-state index is 5.56. The summed E-state index contributed by atoms with van der Waals surface area (Å²) >= 11 is 0. The molecule has 0 aliphatic heterocycles. The third-order valence-corrected chi connectivity index (χ3v) is 3.01. The van der Waals surface area contributed by atoms with Gasteiger partial charge in [-0.05, 0) is 30.8 Å².